The zero-order valence-electron chi connectivity index (χ0n) is 17.7. The Balaban J connectivity index is 1.63. The van der Waals surface area contributed by atoms with Crippen LogP contribution in [0.4, 0.5) is 0 Å². The molecule has 29 heavy (non-hydrogen) atoms. The first-order chi connectivity index (χ1) is 14.3. The predicted octanol–water partition coefficient (Wildman–Crippen LogP) is 6.02. The van der Waals surface area contributed by atoms with Crippen molar-refractivity contribution in [3.05, 3.63) is 77.4 Å². The van der Waals surface area contributed by atoms with E-state index >= 15 is 0 Å². The molecule has 0 bridgehead atoms. The molecule has 0 spiro atoms. The Kier molecular flexibility index (Phi) is 8.54. The number of ether oxygens (including phenoxy) is 2. The highest BCUT2D eigenvalue weighted by molar-refractivity contribution is 5.87. The third-order valence-electron chi connectivity index (χ3n) is 5.06. The van der Waals surface area contributed by atoms with E-state index in [1.807, 2.05) is 0 Å². The number of unbranched alkanes of at least 4 members (excludes halogenated alkanes) is 1. The topological polar surface area (TPSA) is 30.5 Å². The van der Waals surface area contributed by atoms with Crippen LogP contribution in [0.5, 0.6) is 5.75 Å². The average molecular weight is 392 g/mol. The van der Waals surface area contributed by atoms with E-state index in [-0.39, 0.29) is 0 Å². The standard InChI is InChI=1S/C26H33NO2/c1-3-4-16-28-17-8-15-27-19-25-24-12-6-5-11-23(24)13-14-26(25)29-20-22-10-7-9-21(2)18-22/h5-7,9-14,18,27H,3-4,8,15-17,19-20H2,1-2H3. The molecule has 0 saturated carbocycles. The molecule has 0 fully saturated rings. The van der Waals surface area contributed by atoms with Crippen molar-refractivity contribution in [2.24, 2.45) is 0 Å². The van der Waals surface area contributed by atoms with Gasteiger partial charge in [0.25, 0.3) is 0 Å². The molecule has 0 aromatic heterocycles. The second-order valence-electron chi connectivity index (χ2n) is 7.54. The zero-order valence-corrected chi connectivity index (χ0v) is 17.7. The van der Waals surface area contributed by atoms with Crippen LogP contribution in [-0.4, -0.2) is 19.8 Å². The molecular formula is C26H33NO2. The molecule has 1 N–H and O–H groups in total. The second kappa shape index (κ2) is 11.6. The summed E-state index contributed by atoms with van der Waals surface area (Å²) in [6.45, 7) is 8.30. The molecule has 0 aliphatic heterocycles. The van der Waals surface area contributed by atoms with Gasteiger partial charge in [-0.1, -0.05) is 73.5 Å². The monoisotopic (exact) mass is 391 g/mol. The Hall–Kier alpha value is -2.36. The van der Waals surface area contributed by atoms with Crippen molar-refractivity contribution >= 4 is 10.8 Å². The fourth-order valence-electron chi connectivity index (χ4n) is 3.46. The number of nitrogens with one attached hydrogen (secondary N) is 1. The number of aryl methyl sites for hydroxylation is 1. The van der Waals surface area contributed by atoms with E-state index in [0.29, 0.717) is 6.61 Å². The van der Waals surface area contributed by atoms with E-state index in [0.717, 1.165) is 44.9 Å². The van der Waals surface area contributed by atoms with Gasteiger partial charge in [-0.15, -0.1) is 0 Å². The van der Waals surface area contributed by atoms with Gasteiger partial charge in [0, 0.05) is 25.3 Å². The molecule has 3 rings (SSSR count). The van der Waals surface area contributed by atoms with Crippen LogP contribution in [0.25, 0.3) is 10.8 Å². The first kappa shape index (κ1) is 21.4. The fourth-order valence-corrected chi connectivity index (χ4v) is 3.46. The van der Waals surface area contributed by atoms with E-state index in [1.165, 1.54) is 33.9 Å². The minimum Gasteiger partial charge on any atom is -0.489 e. The summed E-state index contributed by atoms with van der Waals surface area (Å²) in [4.78, 5) is 0. The van der Waals surface area contributed by atoms with Crippen LogP contribution in [0, 0.1) is 6.92 Å². The van der Waals surface area contributed by atoms with Gasteiger partial charge in [-0.3, -0.25) is 0 Å². The van der Waals surface area contributed by atoms with Gasteiger partial charge < -0.3 is 14.8 Å². The van der Waals surface area contributed by atoms with Crippen molar-refractivity contribution in [3.8, 4) is 5.75 Å². The largest absolute Gasteiger partial charge is 0.489 e. The lowest BCUT2D eigenvalue weighted by molar-refractivity contribution is 0.128. The van der Waals surface area contributed by atoms with Gasteiger partial charge in [-0.25, -0.2) is 0 Å². The Bertz CT molecular complexity index is 891. The molecule has 3 aromatic rings. The van der Waals surface area contributed by atoms with Gasteiger partial charge in [0.15, 0.2) is 0 Å². The Morgan fingerprint density at radius 3 is 2.62 bits per heavy atom. The van der Waals surface area contributed by atoms with Crippen LogP contribution < -0.4 is 10.1 Å². The van der Waals surface area contributed by atoms with E-state index in [1.54, 1.807) is 0 Å². The Labute approximate surface area is 175 Å². The summed E-state index contributed by atoms with van der Waals surface area (Å²) in [5.41, 5.74) is 3.68. The number of hydrogen-bond acceptors (Lipinski definition) is 3. The van der Waals surface area contributed by atoms with Crippen LogP contribution >= 0.6 is 0 Å². The first-order valence-corrected chi connectivity index (χ1v) is 10.8. The Morgan fingerprint density at radius 2 is 1.76 bits per heavy atom. The minimum atomic E-state index is 0.582. The fraction of sp³-hybridized carbons (Fsp3) is 0.385. The predicted molar refractivity (Wildman–Crippen MR) is 122 cm³/mol. The maximum absolute atomic E-state index is 6.24. The molecule has 154 valence electrons. The summed E-state index contributed by atoms with van der Waals surface area (Å²) in [6, 6.07) is 21.2. The average Bonchev–Trinajstić information content (AvgIpc) is 2.74. The minimum absolute atomic E-state index is 0.582. The molecule has 0 heterocycles. The summed E-state index contributed by atoms with van der Waals surface area (Å²) in [7, 11) is 0. The van der Waals surface area contributed by atoms with Crippen LogP contribution in [0.2, 0.25) is 0 Å². The van der Waals surface area contributed by atoms with Crippen LogP contribution in [0.1, 0.15) is 42.9 Å². The lowest BCUT2D eigenvalue weighted by Gasteiger charge is -2.15. The summed E-state index contributed by atoms with van der Waals surface area (Å²) < 4.78 is 11.9. The summed E-state index contributed by atoms with van der Waals surface area (Å²) in [5.74, 6) is 0.955. The van der Waals surface area contributed by atoms with E-state index in [9.17, 15) is 0 Å². The van der Waals surface area contributed by atoms with Crippen molar-refractivity contribution in [2.75, 3.05) is 19.8 Å². The zero-order chi connectivity index (χ0) is 20.3. The molecule has 0 radical (unpaired) electrons. The van der Waals surface area contributed by atoms with Gasteiger partial charge in [0.05, 0.1) is 0 Å². The highest BCUT2D eigenvalue weighted by atomic mass is 16.5. The highest BCUT2D eigenvalue weighted by Crippen LogP contribution is 2.29. The maximum Gasteiger partial charge on any atom is 0.124 e. The molecule has 3 nitrogen and oxygen atoms in total. The van der Waals surface area contributed by atoms with Gasteiger partial charge in [0.1, 0.15) is 12.4 Å². The second-order valence-corrected chi connectivity index (χ2v) is 7.54. The molecular weight excluding hydrogens is 358 g/mol. The molecule has 0 amide bonds. The van der Waals surface area contributed by atoms with Crippen molar-refractivity contribution in [1.29, 1.82) is 0 Å². The van der Waals surface area contributed by atoms with Gasteiger partial charge >= 0.3 is 0 Å². The number of fused-ring (bicyclic) bond motifs is 1. The van der Waals surface area contributed by atoms with E-state index in [4.69, 9.17) is 9.47 Å². The lowest BCUT2D eigenvalue weighted by Crippen LogP contribution is -2.17. The van der Waals surface area contributed by atoms with Crippen LogP contribution in [0.3, 0.4) is 0 Å². The normalized spacial score (nSPS) is 11.1. The summed E-state index contributed by atoms with van der Waals surface area (Å²) in [6.07, 6.45) is 3.35. The summed E-state index contributed by atoms with van der Waals surface area (Å²) in [5, 5.41) is 6.07. The molecule has 0 saturated heterocycles. The molecule has 3 heteroatoms. The van der Waals surface area contributed by atoms with Gasteiger partial charge in [-0.2, -0.15) is 0 Å². The van der Waals surface area contributed by atoms with Gasteiger partial charge in [-0.05, 0) is 48.7 Å². The molecule has 0 aliphatic rings. The quantitative estimate of drug-likeness (QED) is 0.383. The SMILES string of the molecule is CCCCOCCCNCc1c(OCc2cccc(C)c2)ccc2ccccc12. The van der Waals surface area contributed by atoms with Crippen molar-refractivity contribution in [1.82, 2.24) is 5.32 Å². The lowest BCUT2D eigenvalue weighted by atomic mass is 10.0. The smallest absolute Gasteiger partial charge is 0.124 e. The number of hydrogen-bond donors (Lipinski definition) is 1. The first-order valence-electron chi connectivity index (χ1n) is 10.8. The number of benzene rings is 3. The third-order valence-corrected chi connectivity index (χ3v) is 5.06. The van der Waals surface area contributed by atoms with E-state index < -0.39 is 0 Å². The molecule has 0 aliphatic carbocycles. The highest BCUT2D eigenvalue weighted by Gasteiger charge is 2.09. The molecule has 0 atom stereocenters. The Morgan fingerprint density at radius 1 is 0.897 bits per heavy atom. The van der Waals surface area contributed by atoms with Crippen molar-refractivity contribution in [3.63, 3.8) is 0 Å². The van der Waals surface area contributed by atoms with Crippen molar-refractivity contribution < 1.29 is 9.47 Å². The van der Waals surface area contributed by atoms with Crippen LogP contribution in [0.15, 0.2) is 60.7 Å². The van der Waals surface area contributed by atoms with E-state index in [2.05, 4.69) is 79.8 Å². The number of rotatable bonds is 12. The third kappa shape index (κ3) is 6.59. The maximum atomic E-state index is 6.24. The summed E-state index contributed by atoms with van der Waals surface area (Å²) >= 11 is 0. The van der Waals surface area contributed by atoms with Crippen molar-refractivity contribution in [2.45, 2.75) is 46.3 Å². The van der Waals surface area contributed by atoms with Crippen LogP contribution in [-0.2, 0) is 17.9 Å². The molecule has 0 unspecified atom stereocenters. The van der Waals surface area contributed by atoms with Gasteiger partial charge in [0.2, 0.25) is 0 Å². The molecule has 3 aromatic carbocycles.